The van der Waals surface area contributed by atoms with Crippen LogP contribution in [-0.4, -0.2) is 62.0 Å². The maximum absolute atomic E-state index is 12.1. The van der Waals surface area contributed by atoms with E-state index in [4.69, 9.17) is 14.2 Å². The molecule has 0 unspecified atom stereocenters. The number of anilines is 1. The molecule has 0 bridgehead atoms. The van der Waals surface area contributed by atoms with Crippen molar-refractivity contribution < 1.29 is 19.0 Å². The van der Waals surface area contributed by atoms with Crippen LogP contribution in [0.4, 0.5) is 10.5 Å². The molecule has 7 nitrogen and oxygen atoms in total. The van der Waals surface area contributed by atoms with E-state index in [9.17, 15) is 4.79 Å². The summed E-state index contributed by atoms with van der Waals surface area (Å²) in [4.78, 5) is 18.0. The summed E-state index contributed by atoms with van der Waals surface area (Å²) in [6, 6.07) is 3.34. The van der Waals surface area contributed by atoms with Gasteiger partial charge in [0.2, 0.25) is 5.88 Å². The van der Waals surface area contributed by atoms with Gasteiger partial charge in [-0.2, -0.15) is 0 Å². The highest BCUT2D eigenvalue weighted by Crippen LogP contribution is 2.13. The lowest BCUT2D eigenvalue weighted by Gasteiger charge is -2.31. The third kappa shape index (κ3) is 4.87. The third-order valence-electron chi connectivity index (χ3n) is 3.05. The van der Waals surface area contributed by atoms with E-state index in [0.29, 0.717) is 44.5 Å². The number of ether oxygens (including phenoxy) is 3. The predicted octanol–water partition coefficient (Wildman–Crippen LogP) is 1.36. The molecule has 0 aromatic carbocycles. The summed E-state index contributed by atoms with van der Waals surface area (Å²) < 4.78 is 15.7. The predicted molar refractivity (Wildman–Crippen MR) is 77.6 cm³/mol. The Morgan fingerprint density at radius 3 is 3.05 bits per heavy atom. The Labute approximate surface area is 124 Å². The van der Waals surface area contributed by atoms with Crippen LogP contribution in [0, 0.1) is 0 Å². The van der Waals surface area contributed by atoms with Crippen molar-refractivity contribution in [3.8, 4) is 5.88 Å². The van der Waals surface area contributed by atoms with Gasteiger partial charge in [0.1, 0.15) is 6.61 Å². The van der Waals surface area contributed by atoms with Crippen molar-refractivity contribution >= 4 is 11.7 Å². The van der Waals surface area contributed by atoms with Gasteiger partial charge in [-0.25, -0.2) is 9.78 Å². The zero-order valence-corrected chi connectivity index (χ0v) is 12.4. The number of urea groups is 1. The van der Waals surface area contributed by atoms with Crippen LogP contribution in [0.25, 0.3) is 0 Å². The van der Waals surface area contributed by atoms with Crippen molar-refractivity contribution in [3.63, 3.8) is 0 Å². The van der Waals surface area contributed by atoms with Gasteiger partial charge >= 0.3 is 6.03 Å². The number of carbonyl (C=O) groups is 1. The molecule has 1 fully saturated rings. The van der Waals surface area contributed by atoms with E-state index in [0.717, 1.165) is 0 Å². The van der Waals surface area contributed by atoms with Crippen molar-refractivity contribution in [1.29, 1.82) is 0 Å². The van der Waals surface area contributed by atoms with Gasteiger partial charge < -0.3 is 24.4 Å². The van der Waals surface area contributed by atoms with E-state index in [1.54, 1.807) is 30.3 Å². The van der Waals surface area contributed by atoms with Gasteiger partial charge in [-0.1, -0.05) is 0 Å². The molecule has 1 aromatic rings. The molecule has 1 aliphatic heterocycles. The molecule has 0 aliphatic carbocycles. The molecule has 116 valence electrons. The lowest BCUT2D eigenvalue weighted by atomic mass is 10.3. The maximum Gasteiger partial charge on any atom is 0.322 e. The number of hydrogen-bond donors (Lipinski definition) is 1. The second-order valence-corrected chi connectivity index (χ2v) is 4.78. The van der Waals surface area contributed by atoms with E-state index < -0.39 is 0 Å². The van der Waals surface area contributed by atoms with E-state index in [1.165, 1.54) is 0 Å². The Hall–Kier alpha value is -1.86. The molecular weight excluding hydrogens is 274 g/mol. The highest BCUT2D eigenvalue weighted by atomic mass is 16.5. The molecule has 1 atom stereocenters. The first kappa shape index (κ1) is 15.5. The zero-order valence-electron chi connectivity index (χ0n) is 12.4. The Bertz CT molecular complexity index is 452. The number of morpholine rings is 1. The zero-order chi connectivity index (χ0) is 15.1. The number of methoxy groups -OCH3 is 1. The smallest absolute Gasteiger partial charge is 0.322 e. The second-order valence-electron chi connectivity index (χ2n) is 4.78. The molecule has 21 heavy (non-hydrogen) atoms. The van der Waals surface area contributed by atoms with Crippen LogP contribution in [0.5, 0.6) is 5.88 Å². The van der Waals surface area contributed by atoms with Gasteiger partial charge in [0.25, 0.3) is 0 Å². The number of aromatic nitrogens is 1. The number of amides is 2. The molecule has 2 heterocycles. The van der Waals surface area contributed by atoms with E-state index in [1.807, 2.05) is 6.92 Å². The summed E-state index contributed by atoms with van der Waals surface area (Å²) in [5.41, 5.74) is 0.637. The van der Waals surface area contributed by atoms with E-state index in [2.05, 4.69) is 10.3 Å². The second kappa shape index (κ2) is 7.80. The summed E-state index contributed by atoms with van der Waals surface area (Å²) in [6.07, 6.45) is 1.64. The fourth-order valence-corrected chi connectivity index (χ4v) is 1.97. The first-order valence-corrected chi connectivity index (χ1v) is 6.94. The van der Waals surface area contributed by atoms with Gasteiger partial charge in [-0.15, -0.1) is 0 Å². The van der Waals surface area contributed by atoms with Gasteiger partial charge in [-0.3, -0.25) is 0 Å². The topological polar surface area (TPSA) is 72.9 Å². The molecule has 0 saturated carbocycles. The summed E-state index contributed by atoms with van der Waals surface area (Å²) in [5.74, 6) is 0.505. The molecule has 1 aromatic heterocycles. The molecule has 1 saturated heterocycles. The minimum absolute atomic E-state index is 0.0687. The molecule has 1 N–H and O–H groups in total. The number of rotatable bonds is 5. The summed E-state index contributed by atoms with van der Waals surface area (Å²) in [5, 5.41) is 2.82. The molecule has 0 radical (unpaired) electrons. The van der Waals surface area contributed by atoms with E-state index in [-0.39, 0.29) is 12.1 Å². The van der Waals surface area contributed by atoms with Gasteiger partial charge in [0, 0.05) is 26.3 Å². The minimum Gasteiger partial charge on any atom is -0.475 e. The molecule has 1 aliphatic rings. The Morgan fingerprint density at radius 1 is 1.52 bits per heavy atom. The fraction of sp³-hybridized carbons (Fsp3) is 0.571. The van der Waals surface area contributed by atoms with Gasteiger partial charge in [0.15, 0.2) is 0 Å². The summed E-state index contributed by atoms with van der Waals surface area (Å²) in [6.45, 7) is 4.67. The minimum atomic E-state index is -0.139. The first-order valence-electron chi connectivity index (χ1n) is 6.94. The van der Waals surface area contributed by atoms with Crippen LogP contribution in [-0.2, 0) is 9.47 Å². The first-order chi connectivity index (χ1) is 10.2. The van der Waals surface area contributed by atoms with Crippen molar-refractivity contribution in [3.05, 3.63) is 18.3 Å². The lowest BCUT2D eigenvalue weighted by molar-refractivity contribution is -0.00138. The van der Waals surface area contributed by atoms with Crippen molar-refractivity contribution in [2.45, 2.75) is 13.0 Å². The van der Waals surface area contributed by atoms with Crippen molar-refractivity contribution in [2.24, 2.45) is 0 Å². The quantitative estimate of drug-likeness (QED) is 0.830. The van der Waals surface area contributed by atoms with Gasteiger partial charge in [0.05, 0.1) is 31.2 Å². The van der Waals surface area contributed by atoms with E-state index >= 15 is 0 Å². The third-order valence-corrected chi connectivity index (χ3v) is 3.05. The number of carbonyl (C=O) groups excluding carboxylic acids is 1. The number of nitrogens with zero attached hydrogens (tertiary/aromatic N) is 2. The number of hydrogen-bond acceptors (Lipinski definition) is 5. The average Bonchev–Trinajstić information content (AvgIpc) is 2.49. The standard InChI is InChI=1S/C14H21N3O4/c1-11-10-17(5-6-20-11)14(18)16-12-3-4-13(15-9-12)21-8-7-19-2/h3-4,9,11H,5-8,10H2,1-2H3,(H,16,18)/t11-/m1/s1. The highest BCUT2D eigenvalue weighted by molar-refractivity contribution is 5.89. The van der Waals surface area contributed by atoms with Crippen LogP contribution in [0.2, 0.25) is 0 Å². The largest absolute Gasteiger partial charge is 0.475 e. The van der Waals surface area contributed by atoms with Crippen LogP contribution >= 0.6 is 0 Å². The SMILES string of the molecule is COCCOc1ccc(NC(=O)N2CCO[C@H](C)C2)cn1. The Morgan fingerprint density at radius 2 is 2.38 bits per heavy atom. The molecule has 0 spiro atoms. The van der Waals surface area contributed by atoms with Crippen LogP contribution in [0.15, 0.2) is 18.3 Å². The average molecular weight is 295 g/mol. The Kier molecular flexibility index (Phi) is 5.77. The fourth-order valence-electron chi connectivity index (χ4n) is 1.97. The molecule has 2 rings (SSSR count). The number of pyridine rings is 1. The van der Waals surface area contributed by atoms with Crippen LogP contribution < -0.4 is 10.1 Å². The Balaban J connectivity index is 1.83. The molecular formula is C14H21N3O4. The molecule has 2 amide bonds. The molecule has 7 heteroatoms. The highest BCUT2D eigenvalue weighted by Gasteiger charge is 2.21. The number of nitrogens with one attached hydrogen (secondary N) is 1. The lowest BCUT2D eigenvalue weighted by Crippen LogP contribution is -2.46. The summed E-state index contributed by atoms with van der Waals surface area (Å²) >= 11 is 0. The van der Waals surface area contributed by atoms with Crippen LogP contribution in [0.1, 0.15) is 6.92 Å². The summed E-state index contributed by atoms with van der Waals surface area (Å²) in [7, 11) is 1.61. The van der Waals surface area contributed by atoms with Crippen molar-refractivity contribution in [2.75, 3.05) is 45.3 Å². The maximum atomic E-state index is 12.1. The normalized spacial score (nSPS) is 18.4. The van der Waals surface area contributed by atoms with Crippen LogP contribution in [0.3, 0.4) is 0 Å². The monoisotopic (exact) mass is 295 g/mol. The van der Waals surface area contributed by atoms with Gasteiger partial charge in [-0.05, 0) is 13.0 Å². The van der Waals surface area contributed by atoms with Crippen molar-refractivity contribution in [1.82, 2.24) is 9.88 Å².